The Balaban J connectivity index is 1.62. The van der Waals surface area contributed by atoms with Gasteiger partial charge in [0.25, 0.3) is 5.91 Å². The molecule has 0 fully saturated rings. The van der Waals surface area contributed by atoms with Crippen molar-refractivity contribution in [2.75, 3.05) is 31.0 Å². The Kier molecular flexibility index (Phi) is 6.94. The van der Waals surface area contributed by atoms with Gasteiger partial charge in [0.2, 0.25) is 0 Å². The van der Waals surface area contributed by atoms with Gasteiger partial charge in [-0.25, -0.2) is 9.78 Å². The number of carbonyl (C=O) groups excluding carboxylic acids is 2. The lowest BCUT2D eigenvalue weighted by Gasteiger charge is -2.08. The van der Waals surface area contributed by atoms with Crippen LogP contribution in [-0.4, -0.2) is 37.3 Å². The third kappa shape index (κ3) is 5.87. The Hall–Kier alpha value is -3.23. The van der Waals surface area contributed by atoms with Gasteiger partial charge in [0.1, 0.15) is 17.3 Å². The van der Waals surface area contributed by atoms with Gasteiger partial charge in [-0.2, -0.15) is 0 Å². The van der Waals surface area contributed by atoms with Crippen molar-refractivity contribution in [2.45, 2.75) is 6.92 Å². The van der Waals surface area contributed by atoms with Gasteiger partial charge in [0.05, 0.1) is 6.61 Å². The number of aryl methyl sites for hydroxylation is 1. The Labute approximate surface area is 172 Å². The lowest BCUT2D eigenvalue weighted by atomic mass is 10.2. The topological polar surface area (TPSA) is 89.5 Å². The Morgan fingerprint density at radius 2 is 1.76 bits per heavy atom. The molecule has 0 aliphatic heterocycles. The van der Waals surface area contributed by atoms with Crippen molar-refractivity contribution < 1.29 is 19.1 Å². The zero-order valence-electron chi connectivity index (χ0n) is 16.1. The summed E-state index contributed by atoms with van der Waals surface area (Å²) in [7, 11) is 1.53. The number of nitrogens with zero attached hydrogens (tertiary/aromatic N) is 1. The zero-order valence-corrected chi connectivity index (χ0v) is 16.9. The molecule has 0 saturated carbocycles. The number of carbonyl (C=O) groups is 2. The van der Waals surface area contributed by atoms with Crippen LogP contribution in [0.4, 0.5) is 16.2 Å². The van der Waals surface area contributed by atoms with E-state index in [4.69, 9.17) is 9.47 Å². The molecule has 0 unspecified atom stereocenters. The van der Waals surface area contributed by atoms with Gasteiger partial charge in [-0.1, -0.05) is 35.9 Å². The van der Waals surface area contributed by atoms with Crippen LogP contribution >= 0.6 is 11.3 Å². The van der Waals surface area contributed by atoms with E-state index in [1.54, 1.807) is 29.6 Å². The first-order chi connectivity index (χ1) is 14.0. The smallest absolute Gasteiger partial charge is 0.411 e. The highest BCUT2D eigenvalue weighted by molar-refractivity contribution is 7.13. The quantitative estimate of drug-likeness (QED) is 0.556. The average Bonchev–Trinajstić information content (AvgIpc) is 3.19. The van der Waals surface area contributed by atoms with Crippen LogP contribution < -0.4 is 10.6 Å². The molecule has 0 spiro atoms. The molecule has 0 aliphatic rings. The summed E-state index contributed by atoms with van der Waals surface area (Å²) in [6, 6.07) is 14.8. The molecule has 150 valence electrons. The van der Waals surface area contributed by atoms with Gasteiger partial charge < -0.3 is 14.8 Å². The second-order valence-electron chi connectivity index (χ2n) is 6.19. The van der Waals surface area contributed by atoms with Crippen molar-refractivity contribution in [1.82, 2.24) is 4.98 Å². The summed E-state index contributed by atoms with van der Waals surface area (Å²) < 4.78 is 9.78. The predicted molar refractivity (Wildman–Crippen MR) is 114 cm³/mol. The molecule has 1 heterocycles. The number of methoxy groups -OCH3 is 1. The highest BCUT2D eigenvalue weighted by atomic mass is 32.1. The number of hydrogen-bond acceptors (Lipinski definition) is 6. The minimum absolute atomic E-state index is 0.159. The number of benzene rings is 2. The molecule has 0 atom stereocenters. The van der Waals surface area contributed by atoms with Gasteiger partial charge >= 0.3 is 6.09 Å². The van der Waals surface area contributed by atoms with E-state index in [1.165, 1.54) is 24.0 Å². The normalized spacial score (nSPS) is 10.4. The maximum absolute atomic E-state index is 12.5. The third-order valence-corrected chi connectivity index (χ3v) is 4.81. The highest BCUT2D eigenvalue weighted by Crippen LogP contribution is 2.24. The average molecular weight is 411 g/mol. The fourth-order valence-electron chi connectivity index (χ4n) is 2.45. The van der Waals surface area contributed by atoms with E-state index in [1.807, 2.05) is 31.2 Å². The number of anilines is 2. The highest BCUT2D eigenvalue weighted by Gasteiger charge is 2.13. The largest absolute Gasteiger partial charge is 0.447 e. The van der Waals surface area contributed by atoms with E-state index in [-0.39, 0.29) is 12.5 Å². The van der Waals surface area contributed by atoms with Crippen molar-refractivity contribution in [1.29, 1.82) is 0 Å². The summed E-state index contributed by atoms with van der Waals surface area (Å²) in [4.78, 5) is 28.7. The molecule has 29 heavy (non-hydrogen) atoms. The SMILES string of the molecule is COCCOC(=O)Nc1cccc(NC(=O)c2csc(-c3ccc(C)cc3)n2)c1. The molecule has 1 aromatic heterocycles. The molecule has 0 saturated heterocycles. The van der Waals surface area contributed by atoms with E-state index < -0.39 is 6.09 Å². The Morgan fingerprint density at radius 1 is 1.03 bits per heavy atom. The predicted octanol–water partition coefficient (Wildman–Crippen LogP) is 4.57. The summed E-state index contributed by atoms with van der Waals surface area (Å²) in [5, 5.41) is 7.90. The molecule has 7 nitrogen and oxygen atoms in total. The lowest BCUT2D eigenvalue weighted by Crippen LogP contribution is -2.17. The number of ether oxygens (including phenoxy) is 2. The number of thiazole rings is 1. The fraction of sp³-hybridized carbons (Fsp3) is 0.190. The van der Waals surface area contributed by atoms with Crippen LogP contribution in [0, 0.1) is 6.92 Å². The summed E-state index contributed by atoms with van der Waals surface area (Å²) >= 11 is 1.41. The standard InChI is InChI=1S/C21H21N3O4S/c1-14-6-8-15(9-7-14)20-24-18(13-29-20)19(25)22-16-4-3-5-17(12-16)23-21(26)28-11-10-27-2/h3-9,12-13H,10-11H2,1-2H3,(H,22,25)(H,23,26). The van der Waals surface area contributed by atoms with Gasteiger partial charge in [-0.05, 0) is 25.1 Å². The van der Waals surface area contributed by atoms with Crippen molar-refractivity contribution >= 4 is 34.7 Å². The number of nitrogens with one attached hydrogen (secondary N) is 2. The molecule has 2 amide bonds. The van der Waals surface area contributed by atoms with E-state index in [0.29, 0.717) is 23.7 Å². The molecule has 2 N–H and O–H groups in total. The van der Waals surface area contributed by atoms with Gasteiger partial charge in [0.15, 0.2) is 0 Å². The minimum Gasteiger partial charge on any atom is -0.447 e. The van der Waals surface area contributed by atoms with Crippen LogP contribution in [0.25, 0.3) is 10.6 Å². The molecule has 0 radical (unpaired) electrons. The number of hydrogen-bond donors (Lipinski definition) is 2. The van der Waals surface area contributed by atoms with E-state index in [2.05, 4.69) is 15.6 Å². The molecular weight excluding hydrogens is 390 g/mol. The van der Waals surface area contributed by atoms with Crippen molar-refractivity contribution in [3.63, 3.8) is 0 Å². The number of amides is 2. The molecule has 3 aromatic rings. The molecule has 0 bridgehead atoms. The number of rotatable bonds is 7. The monoisotopic (exact) mass is 411 g/mol. The zero-order chi connectivity index (χ0) is 20.6. The first-order valence-electron chi connectivity index (χ1n) is 8.92. The maximum atomic E-state index is 12.5. The third-order valence-electron chi connectivity index (χ3n) is 3.92. The first kappa shape index (κ1) is 20.5. The van der Waals surface area contributed by atoms with Crippen LogP contribution in [0.2, 0.25) is 0 Å². The molecule has 2 aromatic carbocycles. The van der Waals surface area contributed by atoms with Crippen LogP contribution in [-0.2, 0) is 9.47 Å². The second kappa shape index (κ2) is 9.81. The Bertz CT molecular complexity index is 986. The van der Waals surface area contributed by atoms with Crippen LogP contribution in [0.3, 0.4) is 0 Å². The summed E-state index contributed by atoms with van der Waals surface area (Å²) in [6.45, 7) is 2.50. The van der Waals surface area contributed by atoms with Crippen LogP contribution in [0.15, 0.2) is 53.9 Å². The van der Waals surface area contributed by atoms with Crippen molar-refractivity contribution in [3.05, 3.63) is 65.2 Å². The molecular formula is C21H21N3O4S. The van der Waals surface area contributed by atoms with Crippen LogP contribution in [0.5, 0.6) is 0 Å². The van der Waals surface area contributed by atoms with E-state index >= 15 is 0 Å². The molecule has 0 aliphatic carbocycles. The van der Waals surface area contributed by atoms with Crippen molar-refractivity contribution in [2.24, 2.45) is 0 Å². The second-order valence-corrected chi connectivity index (χ2v) is 7.05. The van der Waals surface area contributed by atoms with Gasteiger partial charge in [0, 0.05) is 29.4 Å². The van der Waals surface area contributed by atoms with Gasteiger partial charge in [-0.3, -0.25) is 10.1 Å². The summed E-state index contributed by atoms with van der Waals surface area (Å²) in [5.41, 5.74) is 3.51. The fourth-order valence-corrected chi connectivity index (χ4v) is 3.25. The molecule has 3 rings (SSSR count). The summed E-state index contributed by atoms with van der Waals surface area (Å²) in [5.74, 6) is -0.320. The Morgan fingerprint density at radius 3 is 2.48 bits per heavy atom. The first-order valence-corrected chi connectivity index (χ1v) is 9.80. The van der Waals surface area contributed by atoms with E-state index in [0.717, 1.165) is 10.6 Å². The van der Waals surface area contributed by atoms with Gasteiger partial charge in [-0.15, -0.1) is 11.3 Å². The molecule has 8 heteroatoms. The van der Waals surface area contributed by atoms with Crippen LogP contribution in [0.1, 0.15) is 16.1 Å². The number of aromatic nitrogens is 1. The summed E-state index contributed by atoms with van der Waals surface area (Å²) in [6.07, 6.45) is -0.590. The lowest BCUT2D eigenvalue weighted by molar-refractivity contribution is 0.102. The van der Waals surface area contributed by atoms with Crippen molar-refractivity contribution in [3.8, 4) is 10.6 Å². The maximum Gasteiger partial charge on any atom is 0.411 e. The van der Waals surface area contributed by atoms with E-state index in [9.17, 15) is 9.59 Å². The minimum atomic E-state index is -0.590.